The van der Waals surface area contributed by atoms with E-state index in [-0.39, 0.29) is 5.54 Å². The number of hydrogen-bond donors (Lipinski definition) is 2. The highest BCUT2D eigenvalue weighted by molar-refractivity contribution is 5.54. The predicted octanol–water partition coefficient (Wildman–Crippen LogP) is 3.05. The van der Waals surface area contributed by atoms with E-state index in [0.717, 1.165) is 36.7 Å². The summed E-state index contributed by atoms with van der Waals surface area (Å²) in [6, 6.07) is 2.83. The monoisotopic (exact) mass is 341 g/mol. The van der Waals surface area contributed by atoms with Crippen molar-refractivity contribution in [3.8, 4) is 0 Å². The Morgan fingerprint density at radius 2 is 2.12 bits per heavy atom. The maximum absolute atomic E-state index is 4.44. The van der Waals surface area contributed by atoms with Crippen LogP contribution < -0.4 is 15.5 Å². The molecule has 0 radical (unpaired) electrons. The number of nitrogens with one attached hydrogen (secondary N) is 2. The van der Waals surface area contributed by atoms with Gasteiger partial charge >= 0.3 is 0 Å². The number of likely N-dealkylation sites (N-methyl/N-ethyl adjacent to an activating group) is 1. The highest BCUT2D eigenvalue weighted by Gasteiger charge is 2.49. The summed E-state index contributed by atoms with van der Waals surface area (Å²) in [5.74, 6) is 3.89. The third kappa shape index (κ3) is 2.90. The topological polar surface area (TPSA) is 53.1 Å². The molecule has 3 aliphatic carbocycles. The van der Waals surface area contributed by atoms with Gasteiger partial charge in [-0.05, 0) is 69.7 Å². The van der Waals surface area contributed by atoms with Crippen LogP contribution in [0.2, 0.25) is 0 Å². The van der Waals surface area contributed by atoms with E-state index in [1.54, 1.807) is 0 Å². The molecule has 3 saturated carbocycles. The normalized spacial score (nSPS) is 39.6. The molecule has 3 bridgehead atoms. The van der Waals surface area contributed by atoms with Crippen LogP contribution in [0.15, 0.2) is 12.3 Å². The van der Waals surface area contributed by atoms with Gasteiger partial charge in [0.25, 0.3) is 0 Å². The van der Waals surface area contributed by atoms with E-state index in [1.807, 2.05) is 6.20 Å². The van der Waals surface area contributed by atoms with Crippen LogP contribution in [0.5, 0.6) is 0 Å². The molecule has 0 spiro atoms. The lowest BCUT2D eigenvalue weighted by Gasteiger charge is -2.55. The molecule has 25 heavy (non-hydrogen) atoms. The first kappa shape index (κ1) is 15.9. The van der Waals surface area contributed by atoms with E-state index in [2.05, 4.69) is 38.8 Å². The van der Waals surface area contributed by atoms with Crippen molar-refractivity contribution >= 4 is 11.5 Å². The van der Waals surface area contributed by atoms with Crippen LogP contribution >= 0.6 is 0 Å². The Labute approximate surface area is 151 Å². The first-order chi connectivity index (χ1) is 12.2. The lowest BCUT2D eigenvalue weighted by molar-refractivity contribution is 0.0236. The second kappa shape index (κ2) is 6.11. The highest BCUT2D eigenvalue weighted by Crippen LogP contribution is 2.55. The van der Waals surface area contributed by atoms with Crippen molar-refractivity contribution in [1.29, 1.82) is 0 Å². The second-order valence-electron chi connectivity index (χ2n) is 9.07. The molecule has 5 atom stereocenters. The van der Waals surface area contributed by atoms with E-state index in [4.69, 9.17) is 0 Å². The molecule has 4 fully saturated rings. The molecule has 5 nitrogen and oxygen atoms in total. The van der Waals surface area contributed by atoms with Gasteiger partial charge in [-0.2, -0.15) is 5.10 Å². The molecule has 5 rings (SSSR count). The van der Waals surface area contributed by atoms with Gasteiger partial charge in [0.1, 0.15) is 0 Å². The maximum Gasteiger partial charge on any atom is 0.151 e. The van der Waals surface area contributed by atoms with E-state index >= 15 is 0 Å². The molecule has 2 heterocycles. The van der Waals surface area contributed by atoms with Gasteiger partial charge in [0, 0.05) is 30.7 Å². The lowest BCUT2D eigenvalue weighted by atomic mass is 9.54. The zero-order valence-electron chi connectivity index (χ0n) is 15.4. The molecular weight excluding hydrogens is 310 g/mol. The van der Waals surface area contributed by atoms with Crippen LogP contribution in [-0.4, -0.2) is 41.9 Å². The van der Waals surface area contributed by atoms with Gasteiger partial charge < -0.3 is 15.5 Å². The van der Waals surface area contributed by atoms with Crippen LogP contribution in [-0.2, 0) is 0 Å². The van der Waals surface area contributed by atoms with E-state index in [0.29, 0.717) is 6.04 Å². The zero-order valence-corrected chi connectivity index (χ0v) is 15.4. The first-order valence-electron chi connectivity index (χ1n) is 10.3. The molecule has 4 aliphatic rings. The van der Waals surface area contributed by atoms with Crippen LogP contribution in [0.1, 0.15) is 51.4 Å². The molecule has 0 amide bonds. The number of nitrogens with zero attached hydrogens (tertiary/aromatic N) is 3. The molecule has 1 saturated heterocycles. The van der Waals surface area contributed by atoms with Gasteiger partial charge in [-0.1, -0.05) is 6.42 Å². The third-order valence-electron chi connectivity index (χ3n) is 7.57. The fourth-order valence-corrected chi connectivity index (χ4v) is 6.30. The Morgan fingerprint density at radius 3 is 3.00 bits per heavy atom. The predicted molar refractivity (Wildman–Crippen MR) is 101 cm³/mol. The number of aromatic nitrogens is 2. The minimum absolute atomic E-state index is 0.288. The summed E-state index contributed by atoms with van der Waals surface area (Å²) in [6.07, 6.45) is 13.0. The molecule has 1 aliphatic heterocycles. The number of hydrogen-bond acceptors (Lipinski definition) is 5. The Morgan fingerprint density at radius 1 is 1.16 bits per heavy atom. The van der Waals surface area contributed by atoms with Gasteiger partial charge in [0.05, 0.1) is 11.9 Å². The van der Waals surface area contributed by atoms with Crippen molar-refractivity contribution in [1.82, 2.24) is 15.5 Å². The van der Waals surface area contributed by atoms with Crippen LogP contribution in [0.3, 0.4) is 0 Å². The standard InChI is InChI=1S/C20H31N5/c1-21-17-5-7-25(13-17)18-9-19(24-22-12-18)23-20-6-4-15-3-2-14(10-20)8-16(15)11-20/h9,12,14-17,21H,2-8,10-11,13H2,1H3,(H,23,24)/t14?,15?,16?,17-,20?/m1/s1. The first-order valence-corrected chi connectivity index (χ1v) is 10.3. The third-order valence-corrected chi connectivity index (χ3v) is 7.57. The Hall–Kier alpha value is -1.36. The minimum Gasteiger partial charge on any atom is -0.369 e. The summed E-state index contributed by atoms with van der Waals surface area (Å²) in [6.45, 7) is 2.17. The summed E-state index contributed by atoms with van der Waals surface area (Å²) in [5, 5.41) is 16.0. The van der Waals surface area contributed by atoms with Crippen molar-refractivity contribution in [2.75, 3.05) is 30.4 Å². The number of fused-ring (bicyclic) bond motifs is 2. The van der Waals surface area contributed by atoms with Gasteiger partial charge in [-0.25, -0.2) is 0 Å². The van der Waals surface area contributed by atoms with Crippen LogP contribution in [0, 0.1) is 17.8 Å². The van der Waals surface area contributed by atoms with Crippen LogP contribution in [0.25, 0.3) is 0 Å². The van der Waals surface area contributed by atoms with E-state index < -0.39 is 0 Å². The summed E-state index contributed by atoms with van der Waals surface area (Å²) < 4.78 is 0. The lowest BCUT2D eigenvalue weighted by Crippen LogP contribution is -2.53. The van der Waals surface area contributed by atoms with Crippen molar-refractivity contribution in [2.45, 2.75) is 62.9 Å². The fraction of sp³-hybridized carbons (Fsp3) is 0.800. The second-order valence-corrected chi connectivity index (χ2v) is 9.07. The summed E-state index contributed by atoms with van der Waals surface area (Å²) >= 11 is 0. The molecule has 5 heteroatoms. The molecule has 4 unspecified atom stereocenters. The maximum atomic E-state index is 4.44. The van der Waals surface area contributed by atoms with Gasteiger partial charge in [0.2, 0.25) is 0 Å². The Balaban J connectivity index is 1.33. The van der Waals surface area contributed by atoms with Crippen molar-refractivity contribution in [3.05, 3.63) is 12.3 Å². The van der Waals surface area contributed by atoms with E-state index in [1.165, 1.54) is 57.1 Å². The molecule has 136 valence electrons. The average molecular weight is 342 g/mol. The largest absolute Gasteiger partial charge is 0.369 e. The van der Waals surface area contributed by atoms with Crippen molar-refractivity contribution < 1.29 is 0 Å². The van der Waals surface area contributed by atoms with Gasteiger partial charge in [-0.3, -0.25) is 0 Å². The summed E-state index contributed by atoms with van der Waals surface area (Å²) in [4.78, 5) is 2.44. The molecular formula is C20H31N5. The SMILES string of the molecule is CN[C@@H]1CCN(c2cnnc(NC34CCC5CCC(CC5C3)C4)c2)C1. The average Bonchev–Trinajstić information content (AvgIpc) is 3.09. The fourth-order valence-electron chi connectivity index (χ4n) is 6.30. The molecule has 2 N–H and O–H groups in total. The quantitative estimate of drug-likeness (QED) is 0.881. The Kier molecular flexibility index (Phi) is 3.88. The zero-order chi connectivity index (χ0) is 16.9. The van der Waals surface area contributed by atoms with Gasteiger partial charge in [-0.15, -0.1) is 5.10 Å². The van der Waals surface area contributed by atoms with E-state index in [9.17, 15) is 0 Å². The smallest absolute Gasteiger partial charge is 0.151 e. The number of anilines is 2. The molecule has 0 aromatic carbocycles. The van der Waals surface area contributed by atoms with Crippen molar-refractivity contribution in [2.24, 2.45) is 17.8 Å². The molecule has 1 aromatic rings. The molecule has 1 aromatic heterocycles. The van der Waals surface area contributed by atoms with Crippen LogP contribution in [0.4, 0.5) is 11.5 Å². The summed E-state index contributed by atoms with van der Waals surface area (Å²) in [7, 11) is 2.06. The Bertz CT molecular complexity index is 630. The minimum atomic E-state index is 0.288. The number of rotatable bonds is 4. The van der Waals surface area contributed by atoms with Crippen molar-refractivity contribution in [3.63, 3.8) is 0 Å². The summed E-state index contributed by atoms with van der Waals surface area (Å²) in [5.41, 5.74) is 1.51. The van der Waals surface area contributed by atoms with Gasteiger partial charge in [0.15, 0.2) is 5.82 Å². The highest BCUT2D eigenvalue weighted by atomic mass is 15.2.